The Morgan fingerprint density at radius 1 is 1.47 bits per heavy atom. The molecule has 0 spiro atoms. The number of rotatable bonds is 4. The standard InChI is InChI=1S/C11H21N3O2.ClH/c1-3-4-10(15)13-7-11(16)14-6-5-12-9(2)8-14;/h9,12H,3-8H2,1-2H3,(H,13,15);1H. The molecule has 5 nitrogen and oxygen atoms in total. The molecule has 0 aromatic carbocycles. The molecule has 0 bridgehead atoms. The Kier molecular flexibility index (Phi) is 7.91. The summed E-state index contributed by atoms with van der Waals surface area (Å²) in [6.45, 7) is 6.41. The Hall–Kier alpha value is -0.810. The van der Waals surface area contributed by atoms with E-state index in [4.69, 9.17) is 0 Å². The normalized spacial score (nSPS) is 19.4. The topological polar surface area (TPSA) is 61.4 Å². The summed E-state index contributed by atoms with van der Waals surface area (Å²) in [5.74, 6) is -0.0307. The van der Waals surface area contributed by atoms with Gasteiger partial charge in [0.1, 0.15) is 0 Å². The fraction of sp³-hybridized carbons (Fsp3) is 0.818. The van der Waals surface area contributed by atoms with Crippen LogP contribution >= 0.6 is 12.4 Å². The van der Waals surface area contributed by atoms with Crippen LogP contribution in [0, 0.1) is 0 Å². The Morgan fingerprint density at radius 2 is 2.18 bits per heavy atom. The number of nitrogens with zero attached hydrogens (tertiary/aromatic N) is 1. The first kappa shape index (κ1) is 16.2. The zero-order valence-corrected chi connectivity index (χ0v) is 11.3. The molecule has 1 heterocycles. The molecule has 1 aliphatic rings. The van der Waals surface area contributed by atoms with Gasteiger partial charge in [-0.1, -0.05) is 6.92 Å². The second-order valence-electron chi connectivity index (χ2n) is 4.22. The van der Waals surface area contributed by atoms with E-state index in [9.17, 15) is 9.59 Å². The van der Waals surface area contributed by atoms with Crippen molar-refractivity contribution in [3.63, 3.8) is 0 Å². The third kappa shape index (κ3) is 5.89. The first-order valence-electron chi connectivity index (χ1n) is 5.91. The van der Waals surface area contributed by atoms with Crippen molar-refractivity contribution < 1.29 is 9.59 Å². The molecular weight excluding hydrogens is 242 g/mol. The van der Waals surface area contributed by atoms with Crippen molar-refractivity contribution in [2.45, 2.75) is 32.7 Å². The average molecular weight is 264 g/mol. The van der Waals surface area contributed by atoms with Gasteiger partial charge < -0.3 is 15.5 Å². The van der Waals surface area contributed by atoms with Gasteiger partial charge in [-0.25, -0.2) is 0 Å². The molecule has 2 amide bonds. The van der Waals surface area contributed by atoms with Crippen molar-refractivity contribution in [2.24, 2.45) is 0 Å². The van der Waals surface area contributed by atoms with Crippen LogP contribution in [0.1, 0.15) is 26.7 Å². The van der Waals surface area contributed by atoms with Crippen LogP contribution in [-0.4, -0.2) is 48.9 Å². The predicted octanol–water partition coefficient (Wildman–Crippen LogP) is 0.145. The summed E-state index contributed by atoms with van der Waals surface area (Å²) in [6.07, 6.45) is 1.30. The lowest BCUT2D eigenvalue weighted by molar-refractivity contribution is -0.133. The molecule has 100 valence electrons. The monoisotopic (exact) mass is 263 g/mol. The number of halogens is 1. The van der Waals surface area contributed by atoms with E-state index >= 15 is 0 Å². The van der Waals surface area contributed by atoms with Gasteiger partial charge in [-0.3, -0.25) is 9.59 Å². The van der Waals surface area contributed by atoms with E-state index in [-0.39, 0.29) is 30.8 Å². The van der Waals surface area contributed by atoms with E-state index in [0.717, 1.165) is 26.1 Å². The van der Waals surface area contributed by atoms with Crippen molar-refractivity contribution in [1.29, 1.82) is 0 Å². The average Bonchev–Trinajstić information content (AvgIpc) is 2.26. The molecule has 6 heteroatoms. The first-order chi connectivity index (χ1) is 7.63. The molecule has 0 aromatic rings. The zero-order chi connectivity index (χ0) is 12.0. The molecule has 2 N–H and O–H groups in total. The van der Waals surface area contributed by atoms with Crippen LogP contribution in [0.4, 0.5) is 0 Å². The third-order valence-electron chi connectivity index (χ3n) is 2.64. The molecule has 1 rings (SSSR count). The van der Waals surface area contributed by atoms with Gasteiger partial charge in [-0.15, -0.1) is 12.4 Å². The highest BCUT2D eigenvalue weighted by Gasteiger charge is 2.20. The van der Waals surface area contributed by atoms with Crippen molar-refractivity contribution in [1.82, 2.24) is 15.5 Å². The van der Waals surface area contributed by atoms with Crippen LogP contribution in [0.25, 0.3) is 0 Å². The summed E-state index contributed by atoms with van der Waals surface area (Å²) in [4.78, 5) is 24.7. The Bertz CT molecular complexity index is 261. The number of hydrogen-bond acceptors (Lipinski definition) is 3. The SMILES string of the molecule is CCCC(=O)NCC(=O)N1CCNC(C)C1.Cl. The molecule has 1 atom stereocenters. The van der Waals surface area contributed by atoms with Crippen LogP contribution in [-0.2, 0) is 9.59 Å². The fourth-order valence-electron chi connectivity index (χ4n) is 1.76. The summed E-state index contributed by atoms with van der Waals surface area (Å²) in [6, 6.07) is 0.337. The van der Waals surface area contributed by atoms with Crippen LogP contribution in [0.2, 0.25) is 0 Å². The fourth-order valence-corrected chi connectivity index (χ4v) is 1.76. The molecular formula is C11H22ClN3O2. The van der Waals surface area contributed by atoms with Crippen LogP contribution in [0.3, 0.4) is 0 Å². The van der Waals surface area contributed by atoms with Crippen LogP contribution in [0.5, 0.6) is 0 Å². The highest BCUT2D eigenvalue weighted by Crippen LogP contribution is 1.98. The summed E-state index contributed by atoms with van der Waals surface area (Å²) in [5, 5.41) is 5.92. The number of amides is 2. The molecule has 1 aliphatic heterocycles. The molecule has 0 radical (unpaired) electrons. The number of carbonyl (C=O) groups is 2. The van der Waals surface area contributed by atoms with Gasteiger partial charge in [-0.2, -0.15) is 0 Å². The number of nitrogens with one attached hydrogen (secondary N) is 2. The van der Waals surface area contributed by atoms with Gasteiger partial charge in [0.2, 0.25) is 11.8 Å². The van der Waals surface area contributed by atoms with Gasteiger partial charge in [0.25, 0.3) is 0 Å². The van der Waals surface area contributed by atoms with E-state index in [1.165, 1.54) is 0 Å². The minimum Gasteiger partial charge on any atom is -0.347 e. The van der Waals surface area contributed by atoms with Gasteiger partial charge >= 0.3 is 0 Å². The van der Waals surface area contributed by atoms with Gasteiger partial charge in [0.15, 0.2) is 0 Å². The van der Waals surface area contributed by atoms with E-state index in [1.807, 2.05) is 6.92 Å². The Morgan fingerprint density at radius 3 is 2.76 bits per heavy atom. The Balaban J connectivity index is 0.00000256. The van der Waals surface area contributed by atoms with Crippen LogP contribution < -0.4 is 10.6 Å². The minimum absolute atomic E-state index is 0. The minimum atomic E-state index is -0.0426. The third-order valence-corrected chi connectivity index (χ3v) is 2.64. The van der Waals surface area contributed by atoms with Gasteiger partial charge in [-0.05, 0) is 13.3 Å². The van der Waals surface area contributed by atoms with E-state index < -0.39 is 0 Å². The molecule has 0 saturated carbocycles. The van der Waals surface area contributed by atoms with Crippen LogP contribution in [0.15, 0.2) is 0 Å². The second kappa shape index (κ2) is 8.31. The summed E-state index contributed by atoms with van der Waals surface area (Å²) >= 11 is 0. The second-order valence-corrected chi connectivity index (χ2v) is 4.22. The van der Waals surface area contributed by atoms with E-state index in [0.29, 0.717) is 12.5 Å². The smallest absolute Gasteiger partial charge is 0.242 e. The number of piperazine rings is 1. The Labute approximate surface area is 109 Å². The zero-order valence-electron chi connectivity index (χ0n) is 10.5. The van der Waals surface area contributed by atoms with E-state index in [1.54, 1.807) is 4.90 Å². The lowest BCUT2D eigenvalue weighted by Crippen LogP contribution is -2.53. The predicted molar refractivity (Wildman–Crippen MR) is 69.2 cm³/mol. The lowest BCUT2D eigenvalue weighted by atomic mass is 10.2. The largest absolute Gasteiger partial charge is 0.347 e. The molecule has 1 fully saturated rings. The van der Waals surface area contributed by atoms with E-state index in [2.05, 4.69) is 17.6 Å². The maximum Gasteiger partial charge on any atom is 0.242 e. The molecule has 1 unspecified atom stereocenters. The number of hydrogen-bond donors (Lipinski definition) is 2. The number of carbonyl (C=O) groups excluding carboxylic acids is 2. The van der Waals surface area contributed by atoms with Crippen molar-refractivity contribution in [3.8, 4) is 0 Å². The van der Waals surface area contributed by atoms with Crippen molar-refractivity contribution in [3.05, 3.63) is 0 Å². The molecule has 17 heavy (non-hydrogen) atoms. The first-order valence-corrected chi connectivity index (χ1v) is 5.91. The highest BCUT2D eigenvalue weighted by molar-refractivity contribution is 5.85. The summed E-state index contributed by atoms with van der Waals surface area (Å²) in [5.41, 5.74) is 0. The van der Waals surface area contributed by atoms with Gasteiger partial charge in [0.05, 0.1) is 6.54 Å². The highest BCUT2D eigenvalue weighted by atomic mass is 35.5. The summed E-state index contributed by atoms with van der Waals surface area (Å²) < 4.78 is 0. The lowest BCUT2D eigenvalue weighted by Gasteiger charge is -2.31. The van der Waals surface area contributed by atoms with Gasteiger partial charge in [0, 0.05) is 32.1 Å². The quantitative estimate of drug-likeness (QED) is 0.759. The van der Waals surface area contributed by atoms with Crippen molar-refractivity contribution in [2.75, 3.05) is 26.2 Å². The molecule has 0 aromatic heterocycles. The maximum atomic E-state index is 11.7. The maximum absolute atomic E-state index is 11.7. The molecule has 0 aliphatic carbocycles. The van der Waals surface area contributed by atoms with Crippen molar-refractivity contribution >= 4 is 24.2 Å². The molecule has 1 saturated heterocycles. The summed E-state index contributed by atoms with van der Waals surface area (Å²) in [7, 11) is 0.